The summed E-state index contributed by atoms with van der Waals surface area (Å²) in [6.45, 7) is 3.10. The van der Waals surface area contributed by atoms with Crippen molar-refractivity contribution in [3.63, 3.8) is 0 Å². The van der Waals surface area contributed by atoms with E-state index in [9.17, 15) is 9.59 Å². The Bertz CT molecular complexity index is 1200. The number of carbonyl (C=O) groups excluding carboxylic acids is 2. The number of amides is 2. The normalized spacial score (nSPS) is 17.1. The number of quaternary nitrogens is 1. The zero-order chi connectivity index (χ0) is 24.4. The van der Waals surface area contributed by atoms with Gasteiger partial charge in [-0.05, 0) is 17.7 Å². The van der Waals surface area contributed by atoms with Crippen LogP contribution in [0.25, 0.3) is 0 Å². The van der Waals surface area contributed by atoms with Crippen LogP contribution in [0.3, 0.4) is 0 Å². The number of hydrogen-bond donors (Lipinski definition) is 1. The fourth-order valence-corrected chi connectivity index (χ4v) is 5.41. The molecule has 0 atom stereocenters. The van der Waals surface area contributed by atoms with Gasteiger partial charge in [0.15, 0.2) is 0 Å². The lowest BCUT2D eigenvalue weighted by Gasteiger charge is -2.38. The second-order valence-electron chi connectivity index (χ2n) is 8.89. The number of nitrogens with one attached hydrogen (secondary N) is 1. The Labute approximate surface area is 215 Å². The molecule has 0 bridgehead atoms. The summed E-state index contributed by atoms with van der Waals surface area (Å²) in [7, 11) is 0. The molecule has 0 aliphatic carbocycles. The Hall–Kier alpha value is -3.12. The van der Waals surface area contributed by atoms with Gasteiger partial charge in [0.05, 0.1) is 32.7 Å². The van der Waals surface area contributed by atoms with E-state index in [-0.39, 0.29) is 23.5 Å². The van der Waals surface area contributed by atoms with Gasteiger partial charge in [0.1, 0.15) is 16.8 Å². The first-order valence-electron chi connectivity index (χ1n) is 11.7. The minimum absolute atomic E-state index is 0.00934. The summed E-state index contributed by atoms with van der Waals surface area (Å²) < 4.78 is 0. The number of hydrogen-bond acceptors (Lipinski definition) is 3. The van der Waals surface area contributed by atoms with E-state index in [1.807, 2.05) is 29.2 Å². The molecule has 2 aliphatic heterocycles. The monoisotopic (exact) mass is 506 g/mol. The molecule has 178 valence electrons. The number of rotatable bonds is 6. The molecule has 2 amide bonds. The number of carbonyl (C=O) groups is 2. The molecule has 1 saturated heterocycles. The van der Waals surface area contributed by atoms with Crippen molar-refractivity contribution in [1.29, 1.82) is 0 Å². The fourth-order valence-electron chi connectivity index (χ4n) is 4.98. The number of imide groups is 1. The third-order valence-corrected chi connectivity index (χ3v) is 7.33. The Kier molecular flexibility index (Phi) is 6.91. The lowest BCUT2D eigenvalue weighted by atomic mass is 9.96. The molecule has 1 N–H and O–H groups in total. The zero-order valence-corrected chi connectivity index (χ0v) is 20.7. The summed E-state index contributed by atoms with van der Waals surface area (Å²) in [4.78, 5) is 30.7. The largest absolute Gasteiger partial charge is 0.354 e. The summed E-state index contributed by atoms with van der Waals surface area (Å²) in [5.74, 6) is -0.774. The molecular formula is C28H26Cl2N3O2+. The highest BCUT2D eigenvalue weighted by atomic mass is 35.5. The van der Waals surface area contributed by atoms with E-state index >= 15 is 0 Å². The van der Waals surface area contributed by atoms with Crippen molar-refractivity contribution >= 4 is 35.0 Å². The van der Waals surface area contributed by atoms with Gasteiger partial charge in [-0.15, -0.1) is 0 Å². The van der Waals surface area contributed by atoms with Crippen LogP contribution in [0.2, 0.25) is 5.02 Å². The van der Waals surface area contributed by atoms with Crippen molar-refractivity contribution in [2.45, 2.75) is 12.6 Å². The van der Waals surface area contributed by atoms with E-state index in [0.29, 0.717) is 23.8 Å². The van der Waals surface area contributed by atoms with Gasteiger partial charge in [-0.3, -0.25) is 14.5 Å². The van der Waals surface area contributed by atoms with Gasteiger partial charge in [-0.2, -0.15) is 0 Å². The molecule has 5 rings (SSSR count). The van der Waals surface area contributed by atoms with Crippen LogP contribution >= 0.6 is 23.2 Å². The molecular weight excluding hydrogens is 481 g/mol. The maximum Gasteiger partial charge on any atom is 0.279 e. The molecule has 0 radical (unpaired) electrons. The number of piperazine rings is 1. The second-order valence-corrected chi connectivity index (χ2v) is 9.70. The van der Waals surface area contributed by atoms with Crippen molar-refractivity contribution in [1.82, 2.24) is 9.80 Å². The molecule has 0 spiro atoms. The fraction of sp³-hybridized carbons (Fsp3) is 0.214. The summed E-state index contributed by atoms with van der Waals surface area (Å²) in [5.41, 5.74) is 3.67. The SMILES string of the molecule is O=C1C(Cl)=C(N2CC[NH+](C(c3ccccc3)c3ccccc3)CC2)C(=O)N1Cc1ccc(Cl)cc1. The van der Waals surface area contributed by atoms with Crippen molar-refractivity contribution < 1.29 is 14.5 Å². The topological polar surface area (TPSA) is 45.1 Å². The third kappa shape index (κ3) is 4.85. The van der Waals surface area contributed by atoms with E-state index in [2.05, 4.69) is 48.5 Å². The Balaban J connectivity index is 1.31. The van der Waals surface area contributed by atoms with E-state index in [1.54, 1.807) is 12.1 Å². The lowest BCUT2D eigenvalue weighted by molar-refractivity contribution is -0.929. The first kappa shape index (κ1) is 23.6. The minimum atomic E-state index is -0.442. The molecule has 0 unspecified atom stereocenters. The van der Waals surface area contributed by atoms with Gasteiger partial charge in [0.2, 0.25) is 0 Å². The Morgan fingerprint density at radius 1 is 0.743 bits per heavy atom. The van der Waals surface area contributed by atoms with Crippen LogP contribution in [-0.4, -0.2) is 47.8 Å². The molecule has 0 saturated carbocycles. The van der Waals surface area contributed by atoms with Crippen molar-refractivity contribution in [3.05, 3.63) is 117 Å². The molecule has 3 aromatic rings. The van der Waals surface area contributed by atoms with Crippen molar-refractivity contribution in [2.75, 3.05) is 26.2 Å². The van der Waals surface area contributed by atoms with Crippen LogP contribution in [0.1, 0.15) is 22.7 Å². The highest BCUT2D eigenvalue weighted by molar-refractivity contribution is 6.47. The first-order valence-corrected chi connectivity index (χ1v) is 12.5. The van der Waals surface area contributed by atoms with Gasteiger partial charge in [-0.25, -0.2) is 0 Å². The zero-order valence-electron chi connectivity index (χ0n) is 19.2. The summed E-state index contributed by atoms with van der Waals surface area (Å²) in [6.07, 6.45) is 0. The molecule has 2 aliphatic rings. The molecule has 1 fully saturated rings. The van der Waals surface area contributed by atoms with Crippen LogP contribution in [0.4, 0.5) is 0 Å². The van der Waals surface area contributed by atoms with Gasteiger partial charge in [0, 0.05) is 16.1 Å². The predicted octanol–water partition coefficient (Wildman–Crippen LogP) is 3.65. The standard InChI is InChI=1S/C28H25Cl2N3O2/c29-23-13-11-20(12-14-23)19-33-27(34)24(30)26(28(33)35)32-17-15-31(16-18-32)25(21-7-3-1-4-8-21)22-9-5-2-6-10-22/h1-14,25H,15-19H2/p+1. The van der Waals surface area contributed by atoms with Crippen molar-refractivity contribution in [3.8, 4) is 0 Å². The smallest absolute Gasteiger partial charge is 0.279 e. The highest BCUT2D eigenvalue weighted by Gasteiger charge is 2.42. The maximum absolute atomic E-state index is 13.2. The van der Waals surface area contributed by atoms with Crippen LogP contribution in [0.15, 0.2) is 95.7 Å². The Morgan fingerprint density at radius 3 is 1.83 bits per heavy atom. The maximum atomic E-state index is 13.2. The molecule has 35 heavy (non-hydrogen) atoms. The van der Waals surface area contributed by atoms with Gasteiger partial charge >= 0.3 is 0 Å². The predicted molar refractivity (Wildman–Crippen MR) is 137 cm³/mol. The third-order valence-electron chi connectivity index (χ3n) is 6.74. The number of halogens is 2. The summed E-state index contributed by atoms with van der Waals surface area (Å²) in [6, 6.07) is 28.4. The van der Waals surface area contributed by atoms with Crippen LogP contribution < -0.4 is 4.90 Å². The average Bonchev–Trinajstić information content (AvgIpc) is 3.10. The van der Waals surface area contributed by atoms with E-state index in [1.165, 1.54) is 20.9 Å². The number of benzene rings is 3. The highest BCUT2D eigenvalue weighted by Crippen LogP contribution is 2.29. The summed E-state index contributed by atoms with van der Waals surface area (Å²) in [5, 5.41) is 0.615. The van der Waals surface area contributed by atoms with Gasteiger partial charge < -0.3 is 9.80 Å². The Morgan fingerprint density at radius 2 is 1.29 bits per heavy atom. The summed E-state index contributed by atoms with van der Waals surface area (Å²) >= 11 is 12.4. The minimum Gasteiger partial charge on any atom is -0.354 e. The quantitative estimate of drug-likeness (QED) is 0.519. The van der Waals surface area contributed by atoms with E-state index in [0.717, 1.165) is 18.7 Å². The van der Waals surface area contributed by atoms with Crippen molar-refractivity contribution in [2.24, 2.45) is 0 Å². The van der Waals surface area contributed by atoms with Crippen LogP contribution in [-0.2, 0) is 16.1 Å². The van der Waals surface area contributed by atoms with Crippen LogP contribution in [0, 0.1) is 0 Å². The van der Waals surface area contributed by atoms with Gasteiger partial charge in [-0.1, -0.05) is 96.0 Å². The molecule has 3 aromatic carbocycles. The van der Waals surface area contributed by atoms with E-state index < -0.39 is 5.91 Å². The van der Waals surface area contributed by atoms with Gasteiger partial charge in [0.25, 0.3) is 11.8 Å². The van der Waals surface area contributed by atoms with E-state index in [4.69, 9.17) is 23.2 Å². The average molecular weight is 507 g/mol. The first-order chi connectivity index (χ1) is 17.0. The molecule has 5 nitrogen and oxygen atoms in total. The molecule has 2 heterocycles. The number of nitrogens with zero attached hydrogens (tertiary/aromatic N) is 2. The molecule has 0 aromatic heterocycles. The van der Waals surface area contributed by atoms with Crippen LogP contribution in [0.5, 0.6) is 0 Å². The lowest BCUT2D eigenvalue weighted by Crippen LogP contribution is -3.15. The second kappa shape index (κ2) is 10.2. The molecule has 7 heteroatoms.